The summed E-state index contributed by atoms with van der Waals surface area (Å²) in [6, 6.07) is 0.180. The van der Waals surface area contributed by atoms with Gasteiger partial charge in [-0.05, 0) is 34.6 Å². The zero-order chi connectivity index (χ0) is 9.94. The lowest BCUT2D eigenvalue weighted by molar-refractivity contribution is 0.163. The van der Waals surface area contributed by atoms with Crippen molar-refractivity contribution in [1.82, 2.24) is 10.2 Å². The van der Waals surface area contributed by atoms with Crippen molar-refractivity contribution in [2.75, 3.05) is 7.05 Å². The third kappa shape index (κ3) is 3.60. The van der Waals surface area contributed by atoms with Crippen LogP contribution in [0.15, 0.2) is 0 Å². The predicted octanol–water partition coefficient (Wildman–Crippen LogP) is 1.83. The summed E-state index contributed by atoms with van der Waals surface area (Å²) >= 11 is 0. The number of hydrogen-bond acceptors (Lipinski definition) is 1. The summed E-state index contributed by atoms with van der Waals surface area (Å²) in [6.45, 7) is 9.93. The van der Waals surface area contributed by atoms with Gasteiger partial charge in [0.1, 0.15) is 0 Å². The average molecular weight is 172 g/mol. The van der Waals surface area contributed by atoms with Gasteiger partial charge >= 0.3 is 6.03 Å². The fraction of sp³-hybridized carbons (Fsp3) is 0.889. The normalized spacial score (nSPS) is 11.6. The first-order chi connectivity index (χ1) is 5.25. The molecule has 0 aromatic heterocycles. The molecule has 0 unspecified atom stereocenters. The van der Waals surface area contributed by atoms with E-state index in [0.717, 1.165) is 0 Å². The Bertz CT molecular complexity index is 158. The zero-order valence-corrected chi connectivity index (χ0v) is 8.93. The summed E-state index contributed by atoms with van der Waals surface area (Å²) in [6.07, 6.45) is 0. The van der Waals surface area contributed by atoms with E-state index in [-0.39, 0.29) is 17.6 Å². The molecule has 12 heavy (non-hydrogen) atoms. The van der Waals surface area contributed by atoms with E-state index in [1.165, 1.54) is 0 Å². The maximum Gasteiger partial charge on any atom is 0.317 e. The Morgan fingerprint density at radius 1 is 1.33 bits per heavy atom. The largest absolute Gasteiger partial charge is 0.336 e. The van der Waals surface area contributed by atoms with Gasteiger partial charge in [0.2, 0.25) is 0 Å². The van der Waals surface area contributed by atoms with E-state index in [1.54, 1.807) is 11.9 Å². The second kappa shape index (κ2) is 3.78. The van der Waals surface area contributed by atoms with Crippen LogP contribution in [-0.4, -0.2) is 29.6 Å². The predicted molar refractivity (Wildman–Crippen MR) is 51.2 cm³/mol. The van der Waals surface area contributed by atoms with E-state index in [4.69, 9.17) is 0 Å². The molecule has 0 spiro atoms. The van der Waals surface area contributed by atoms with Gasteiger partial charge in [-0.3, -0.25) is 0 Å². The molecular weight excluding hydrogens is 152 g/mol. The molecule has 0 fully saturated rings. The van der Waals surface area contributed by atoms with Gasteiger partial charge in [-0.25, -0.2) is 4.79 Å². The third-order valence-corrected chi connectivity index (χ3v) is 1.72. The Labute approximate surface area is 75.1 Å². The van der Waals surface area contributed by atoms with E-state index in [9.17, 15) is 4.79 Å². The van der Waals surface area contributed by atoms with E-state index < -0.39 is 0 Å². The summed E-state index contributed by atoms with van der Waals surface area (Å²) in [5.41, 5.74) is -0.112. The van der Waals surface area contributed by atoms with Crippen LogP contribution in [0, 0.1) is 0 Å². The molecule has 0 aliphatic rings. The Hall–Kier alpha value is -0.730. The van der Waals surface area contributed by atoms with Crippen molar-refractivity contribution in [3.63, 3.8) is 0 Å². The van der Waals surface area contributed by atoms with Crippen LogP contribution in [0.1, 0.15) is 34.6 Å². The maximum absolute atomic E-state index is 11.4. The quantitative estimate of drug-likeness (QED) is 0.643. The Morgan fingerprint density at radius 2 is 1.75 bits per heavy atom. The topological polar surface area (TPSA) is 32.3 Å². The van der Waals surface area contributed by atoms with Crippen molar-refractivity contribution in [3.8, 4) is 0 Å². The zero-order valence-electron chi connectivity index (χ0n) is 8.93. The van der Waals surface area contributed by atoms with E-state index in [0.29, 0.717) is 0 Å². The van der Waals surface area contributed by atoms with Crippen molar-refractivity contribution in [2.45, 2.75) is 46.2 Å². The van der Waals surface area contributed by atoms with Crippen LogP contribution in [0.5, 0.6) is 0 Å². The fourth-order valence-corrected chi connectivity index (χ4v) is 0.648. The molecule has 0 bridgehead atoms. The lowest BCUT2D eigenvalue weighted by atomic mass is 10.1. The minimum atomic E-state index is -0.112. The van der Waals surface area contributed by atoms with Gasteiger partial charge < -0.3 is 10.2 Å². The molecule has 2 amide bonds. The Morgan fingerprint density at radius 3 is 2.00 bits per heavy atom. The Balaban J connectivity index is 4.12. The molecule has 0 aromatic rings. The van der Waals surface area contributed by atoms with Crippen LogP contribution in [0.2, 0.25) is 0 Å². The smallest absolute Gasteiger partial charge is 0.317 e. The highest BCUT2D eigenvalue weighted by atomic mass is 16.2. The summed E-state index contributed by atoms with van der Waals surface area (Å²) < 4.78 is 0. The number of rotatable bonds is 1. The number of carbonyl (C=O) groups is 1. The van der Waals surface area contributed by atoms with E-state index in [2.05, 4.69) is 5.32 Å². The first-order valence-corrected chi connectivity index (χ1v) is 4.29. The van der Waals surface area contributed by atoms with Gasteiger partial charge in [0.25, 0.3) is 0 Å². The number of hydrogen-bond donors (Lipinski definition) is 1. The number of carbonyl (C=O) groups excluding carboxylic acids is 1. The van der Waals surface area contributed by atoms with Gasteiger partial charge in [0.15, 0.2) is 0 Å². The molecule has 0 aliphatic carbocycles. The van der Waals surface area contributed by atoms with Gasteiger partial charge in [0, 0.05) is 18.6 Å². The maximum atomic E-state index is 11.4. The van der Waals surface area contributed by atoms with Gasteiger partial charge in [-0.1, -0.05) is 0 Å². The third-order valence-electron chi connectivity index (χ3n) is 1.72. The minimum absolute atomic E-state index is 0.0162. The standard InChI is InChI=1S/C9H20N2O/c1-7(2)10-8(12)11(6)9(3,4)5/h7H,1-6H3,(H,10,12). The minimum Gasteiger partial charge on any atom is -0.336 e. The lowest BCUT2D eigenvalue weighted by Crippen LogP contribution is -2.49. The first-order valence-electron chi connectivity index (χ1n) is 4.29. The van der Waals surface area contributed by atoms with E-state index >= 15 is 0 Å². The number of amides is 2. The molecule has 1 N–H and O–H groups in total. The van der Waals surface area contributed by atoms with E-state index in [1.807, 2.05) is 34.6 Å². The number of nitrogens with one attached hydrogen (secondary N) is 1. The molecule has 0 radical (unpaired) electrons. The monoisotopic (exact) mass is 172 g/mol. The second-order valence-electron chi connectivity index (χ2n) is 4.33. The van der Waals surface area contributed by atoms with Crippen LogP contribution in [0.25, 0.3) is 0 Å². The van der Waals surface area contributed by atoms with Gasteiger partial charge in [0.05, 0.1) is 0 Å². The summed E-state index contributed by atoms with van der Waals surface area (Å²) in [5, 5.41) is 2.84. The first kappa shape index (κ1) is 11.3. The molecule has 0 aromatic carbocycles. The average Bonchev–Trinajstić information content (AvgIpc) is 1.82. The van der Waals surface area contributed by atoms with Crippen LogP contribution in [-0.2, 0) is 0 Å². The number of urea groups is 1. The van der Waals surface area contributed by atoms with Crippen molar-refractivity contribution in [3.05, 3.63) is 0 Å². The summed E-state index contributed by atoms with van der Waals surface area (Å²) in [7, 11) is 1.80. The second-order valence-corrected chi connectivity index (χ2v) is 4.33. The highest BCUT2D eigenvalue weighted by Gasteiger charge is 2.22. The lowest BCUT2D eigenvalue weighted by Gasteiger charge is -2.32. The van der Waals surface area contributed by atoms with Crippen LogP contribution in [0.3, 0.4) is 0 Å². The molecule has 72 valence electrons. The molecule has 0 saturated heterocycles. The molecule has 3 nitrogen and oxygen atoms in total. The highest BCUT2D eigenvalue weighted by molar-refractivity contribution is 5.74. The van der Waals surface area contributed by atoms with Crippen molar-refractivity contribution in [1.29, 1.82) is 0 Å². The Kier molecular flexibility index (Phi) is 3.55. The van der Waals surface area contributed by atoms with Crippen LogP contribution in [0.4, 0.5) is 4.79 Å². The molecule has 0 heterocycles. The highest BCUT2D eigenvalue weighted by Crippen LogP contribution is 2.09. The number of nitrogens with zero attached hydrogens (tertiary/aromatic N) is 1. The van der Waals surface area contributed by atoms with Gasteiger partial charge in [-0.2, -0.15) is 0 Å². The molecular formula is C9H20N2O. The molecule has 0 rings (SSSR count). The van der Waals surface area contributed by atoms with Gasteiger partial charge in [-0.15, -0.1) is 0 Å². The molecule has 3 heteroatoms. The van der Waals surface area contributed by atoms with Crippen molar-refractivity contribution < 1.29 is 4.79 Å². The van der Waals surface area contributed by atoms with Crippen LogP contribution < -0.4 is 5.32 Å². The summed E-state index contributed by atoms with van der Waals surface area (Å²) in [5.74, 6) is 0. The SMILES string of the molecule is CC(C)NC(=O)N(C)C(C)(C)C. The molecule has 0 saturated carbocycles. The van der Waals surface area contributed by atoms with Crippen molar-refractivity contribution >= 4 is 6.03 Å². The molecule has 0 atom stereocenters. The summed E-state index contributed by atoms with van der Waals surface area (Å²) in [4.78, 5) is 13.1. The van der Waals surface area contributed by atoms with Crippen LogP contribution >= 0.6 is 0 Å². The van der Waals surface area contributed by atoms with Crippen molar-refractivity contribution in [2.24, 2.45) is 0 Å². The molecule has 0 aliphatic heterocycles. The fourth-order valence-electron chi connectivity index (χ4n) is 0.648.